The summed E-state index contributed by atoms with van der Waals surface area (Å²) in [5.74, 6) is 1.20. The van der Waals surface area contributed by atoms with Crippen LogP contribution in [-0.4, -0.2) is 23.4 Å². The molecule has 0 fully saturated rings. The molecule has 2 N–H and O–H groups in total. The second-order valence-corrected chi connectivity index (χ2v) is 6.30. The van der Waals surface area contributed by atoms with Crippen LogP contribution in [-0.2, 0) is 10.5 Å². The Morgan fingerprint density at radius 1 is 1.25 bits per heavy atom. The molecule has 3 nitrogen and oxygen atoms in total. The molecule has 0 saturated heterocycles. The lowest BCUT2D eigenvalue weighted by atomic mass is 10.1. The van der Waals surface area contributed by atoms with Crippen LogP contribution < -0.4 is 5.32 Å². The third-order valence-electron chi connectivity index (χ3n) is 2.78. The maximum atomic E-state index is 11.9. The standard InChI is InChI=1S/C15H17NO2S2/c17-9-14(12-5-2-1-3-6-12)16-15(18)11-19-10-13-7-4-8-20-13/h1-8,14,17H,9-11H2,(H,16,18)/t14-/m1/s1. The quantitative estimate of drug-likeness (QED) is 0.827. The van der Waals surface area contributed by atoms with Gasteiger partial charge in [0.25, 0.3) is 0 Å². The van der Waals surface area contributed by atoms with Crippen LogP contribution >= 0.6 is 23.1 Å². The highest BCUT2D eigenvalue weighted by atomic mass is 32.2. The van der Waals surface area contributed by atoms with Crippen molar-refractivity contribution in [2.45, 2.75) is 11.8 Å². The van der Waals surface area contributed by atoms with Gasteiger partial charge in [-0.3, -0.25) is 4.79 Å². The molecule has 0 aliphatic carbocycles. The average molecular weight is 307 g/mol. The van der Waals surface area contributed by atoms with Gasteiger partial charge in [-0.25, -0.2) is 0 Å². The molecule has 1 heterocycles. The summed E-state index contributed by atoms with van der Waals surface area (Å²) >= 11 is 3.28. The lowest BCUT2D eigenvalue weighted by Crippen LogP contribution is -2.32. The lowest BCUT2D eigenvalue weighted by Gasteiger charge is -2.16. The topological polar surface area (TPSA) is 49.3 Å². The fourth-order valence-electron chi connectivity index (χ4n) is 1.79. The Morgan fingerprint density at radius 2 is 2.05 bits per heavy atom. The first-order valence-electron chi connectivity index (χ1n) is 6.35. The predicted molar refractivity (Wildman–Crippen MR) is 84.9 cm³/mol. The van der Waals surface area contributed by atoms with Crippen molar-refractivity contribution in [3.05, 3.63) is 58.3 Å². The number of nitrogens with one attached hydrogen (secondary N) is 1. The largest absolute Gasteiger partial charge is 0.394 e. The summed E-state index contributed by atoms with van der Waals surface area (Å²) in [6.07, 6.45) is 0. The molecular formula is C15H17NO2S2. The maximum absolute atomic E-state index is 11.9. The summed E-state index contributed by atoms with van der Waals surface area (Å²) in [4.78, 5) is 13.1. The molecule has 0 saturated carbocycles. The molecule has 1 amide bonds. The van der Waals surface area contributed by atoms with Crippen LogP contribution in [0.15, 0.2) is 47.8 Å². The molecule has 5 heteroatoms. The highest BCUT2D eigenvalue weighted by molar-refractivity contribution is 7.99. The number of aliphatic hydroxyl groups excluding tert-OH is 1. The molecule has 1 atom stereocenters. The van der Waals surface area contributed by atoms with Crippen LogP contribution in [0.5, 0.6) is 0 Å². The Bertz CT molecular complexity index is 514. The van der Waals surface area contributed by atoms with Crippen molar-refractivity contribution in [2.75, 3.05) is 12.4 Å². The molecule has 0 radical (unpaired) electrons. The molecule has 2 aromatic rings. The first-order valence-corrected chi connectivity index (χ1v) is 8.38. The van der Waals surface area contributed by atoms with Crippen molar-refractivity contribution in [3.8, 4) is 0 Å². The first kappa shape index (κ1) is 15.1. The predicted octanol–water partition coefficient (Wildman–Crippen LogP) is 2.83. The van der Waals surface area contributed by atoms with E-state index in [9.17, 15) is 9.90 Å². The monoisotopic (exact) mass is 307 g/mol. The summed E-state index contributed by atoms with van der Waals surface area (Å²) in [7, 11) is 0. The molecular weight excluding hydrogens is 290 g/mol. The van der Waals surface area contributed by atoms with Gasteiger partial charge < -0.3 is 10.4 Å². The fraction of sp³-hybridized carbons (Fsp3) is 0.267. The van der Waals surface area contributed by atoms with E-state index in [1.165, 1.54) is 4.88 Å². The Kier molecular flexibility index (Phi) is 6.11. The molecule has 0 bridgehead atoms. The SMILES string of the molecule is O=C(CSCc1cccs1)N[C@H](CO)c1ccccc1. The van der Waals surface area contributed by atoms with E-state index in [4.69, 9.17) is 0 Å². The second-order valence-electron chi connectivity index (χ2n) is 4.29. The lowest BCUT2D eigenvalue weighted by molar-refractivity contribution is -0.119. The molecule has 0 aliphatic rings. The van der Waals surface area contributed by atoms with E-state index >= 15 is 0 Å². The molecule has 2 rings (SSSR count). The van der Waals surface area contributed by atoms with Gasteiger partial charge in [0.1, 0.15) is 0 Å². The number of benzene rings is 1. The number of aliphatic hydroxyl groups is 1. The number of hydrogen-bond acceptors (Lipinski definition) is 4. The first-order chi connectivity index (χ1) is 9.79. The smallest absolute Gasteiger partial charge is 0.230 e. The molecule has 1 aromatic carbocycles. The van der Waals surface area contributed by atoms with Gasteiger partial charge in [-0.05, 0) is 17.0 Å². The number of carbonyl (C=O) groups is 1. The number of carbonyl (C=O) groups excluding carboxylic acids is 1. The van der Waals surface area contributed by atoms with Crippen molar-refractivity contribution < 1.29 is 9.90 Å². The summed E-state index contributed by atoms with van der Waals surface area (Å²) in [6, 6.07) is 13.3. The zero-order valence-electron chi connectivity index (χ0n) is 11.0. The van der Waals surface area contributed by atoms with E-state index in [1.54, 1.807) is 23.1 Å². The number of thiophene rings is 1. The van der Waals surface area contributed by atoms with E-state index in [0.717, 1.165) is 11.3 Å². The van der Waals surface area contributed by atoms with Crippen LogP contribution in [0.2, 0.25) is 0 Å². The summed E-state index contributed by atoms with van der Waals surface area (Å²) in [5.41, 5.74) is 0.923. The van der Waals surface area contributed by atoms with Crippen molar-refractivity contribution >= 4 is 29.0 Å². The van der Waals surface area contributed by atoms with Gasteiger partial charge in [-0.1, -0.05) is 36.4 Å². The fourth-order valence-corrected chi connectivity index (χ4v) is 3.47. The Morgan fingerprint density at radius 3 is 2.70 bits per heavy atom. The number of amides is 1. The minimum atomic E-state index is -0.328. The molecule has 0 aliphatic heterocycles. The Balaban J connectivity index is 1.78. The normalized spacial score (nSPS) is 12.1. The van der Waals surface area contributed by atoms with Crippen LogP contribution in [0, 0.1) is 0 Å². The third-order valence-corrected chi connectivity index (χ3v) is 4.82. The van der Waals surface area contributed by atoms with Gasteiger partial charge >= 0.3 is 0 Å². The third kappa shape index (κ3) is 4.67. The number of hydrogen-bond donors (Lipinski definition) is 2. The summed E-state index contributed by atoms with van der Waals surface area (Å²) in [5, 5.41) is 14.3. The highest BCUT2D eigenvalue weighted by Crippen LogP contribution is 2.17. The van der Waals surface area contributed by atoms with Crippen LogP contribution in [0.3, 0.4) is 0 Å². The Labute approximate surface area is 127 Å². The Hall–Kier alpha value is -1.30. The minimum Gasteiger partial charge on any atom is -0.394 e. The average Bonchev–Trinajstić information content (AvgIpc) is 2.99. The zero-order valence-corrected chi connectivity index (χ0v) is 12.6. The van der Waals surface area contributed by atoms with Crippen molar-refractivity contribution in [1.29, 1.82) is 0 Å². The molecule has 0 spiro atoms. The molecule has 20 heavy (non-hydrogen) atoms. The molecule has 1 aromatic heterocycles. The highest BCUT2D eigenvalue weighted by Gasteiger charge is 2.13. The van der Waals surface area contributed by atoms with Crippen LogP contribution in [0.25, 0.3) is 0 Å². The van der Waals surface area contributed by atoms with Crippen LogP contribution in [0.4, 0.5) is 0 Å². The molecule has 106 valence electrons. The van der Waals surface area contributed by atoms with Gasteiger partial charge in [0, 0.05) is 10.6 Å². The van der Waals surface area contributed by atoms with E-state index in [-0.39, 0.29) is 18.6 Å². The van der Waals surface area contributed by atoms with Crippen LogP contribution in [0.1, 0.15) is 16.5 Å². The van der Waals surface area contributed by atoms with Crippen molar-refractivity contribution in [3.63, 3.8) is 0 Å². The van der Waals surface area contributed by atoms with Gasteiger partial charge in [-0.2, -0.15) is 0 Å². The van der Waals surface area contributed by atoms with Crippen molar-refractivity contribution in [2.24, 2.45) is 0 Å². The maximum Gasteiger partial charge on any atom is 0.230 e. The van der Waals surface area contributed by atoms with E-state index in [0.29, 0.717) is 5.75 Å². The summed E-state index contributed by atoms with van der Waals surface area (Å²) < 4.78 is 0. The number of rotatable bonds is 7. The van der Waals surface area contributed by atoms with Gasteiger partial charge in [0.05, 0.1) is 18.4 Å². The minimum absolute atomic E-state index is 0.0468. The van der Waals surface area contributed by atoms with Gasteiger partial charge in [0.2, 0.25) is 5.91 Å². The van der Waals surface area contributed by atoms with Gasteiger partial charge in [0.15, 0.2) is 0 Å². The van der Waals surface area contributed by atoms with E-state index in [1.807, 2.05) is 41.8 Å². The zero-order chi connectivity index (χ0) is 14.2. The molecule has 0 unspecified atom stereocenters. The van der Waals surface area contributed by atoms with E-state index < -0.39 is 0 Å². The second kappa shape index (κ2) is 8.09. The number of thioether (sulfide) groups is 1. The van der Waals surface area contributed by atoms with Gasteiger partial charge in [-0.15, -0.1) is 23.1 Å². The van der Waals surface area contributed by atoms with Crippen molar-refractivity contribution in [1.82, 2.24) is 5.32 Å². The summed E-state index contributed by atoms with van der Waals surface area (Å²) in [6.45, 7) is -0.0919. The van der Waals surface area contributed by atoms with E-state index in [2.05, 4.69) is 11.4 Å².